The molecule has 0 amide bonds. The second-order valence-electron chi connectivity index (χ2n) is 7.40. The molecule has 152 valence electrons. The first-order valence-electron chi connectivity index (χ1n) is 9.21. The van der Waals surface area contributed by atoms with Crippen LogP contribution in [0.15, 0.2) is 41.6 Å². The molecule has 3 heterocycles. The Hall–Kier alpha value is -2.35. The van der Waals surface area contributed by atoms with Gasteiger partial charge in [0.05, 0.1) is 36.9 Å². The van der Waals surface area contributed by atoms with E-state index in [-0.39, 0.29) is 5.02 Å². The quantitative estimate of drug-likeness (QED) is 0.633. The summed E-state index contributed by atoms with van der Waals surface area (Å²) < 4.78 is 9.05. The largest absolute Gasteiger partial charge is 0.367 e. The molecule has 1 atom stereocenters. The maximum Gasteiger partial charge on any atom is 0.292 e. The van der Waals surface area contributed by atoms with E-state index in [2.05, 4.69) is 10.2 Å². The third-order valence-corrected chi connectivity index (χ3v) is 5.99. The van der Waals surface area contributed by atoms with Crippen molar-refractivity contribution < 1.29 is 4.74 Å². The van der Waals surface area contributed by atoms with Gasteiger partial charge in [-0.3, -0.25) is 9.48 Å². The number of nitrogens with zero attached hydrogens (tertiary/aromatic N) is 5. The van der Waals surface area contributed by atoms with Gasteiger partial charge in [-0.1, -0.05) is 29.3 Å². The predicted molar refractivity (Wildman–Crippen MR) is 113 cm³/mol. The summed E-state index contributed by atoms with van der Waals surface area (Å²) in [7, 11) is 1.87. The number of ether oxygens (including phenoxy) is 1. The molecule has 3 aromatic rings. The number of hydrogen-bond acceptors (Lipinski definition) is 5. The van der Waals surface area contributed by atoms with E-state index in [4.69, 9.17) is 27.9 Å². The average molecular weight is 434 g/mol. The summed E-state index contributed by atoms with van der Waals surface area (Å²) in [5.74, 6) is 0. The first kappa shape index (κ1) is 19.9. The molecule has 1 fully saturated rings. The predicted octanol–water partition coefficient (Wildman–Crippen LogP) is 3.33. The topological polar surface area (TPSA) is 65.2 Å². The molecule has 2 aromatic heterocycles. The van der Waals surface area contributed by atoms with Gasteiger partial charge in [-0.2, -0.15) is 14.9 Å². The zero-order chi connectivity index (χ0) is 20.8. The minimum absolute atomic E-state index is 0.118. The molecule has 0 radical (unpaired) electrons. The van der Waals surface area contributed by atoms with Gasteiger partial charge in [-0.25, -0.2) is 0 Å². The Balaban J connectivity index is 1.68. The molecule has 9 heteroatoms. The summed E-state index contributed by atoms with van der Waals surface area (Å²) >= 11 is 12.7. The lowest BCUT2D eigenvalue weighted by atomic mass is 9.97. The zero-order valence-corrected chi connectivity index (χ0v) is 17.9. The van der Waals surface area contributed by atoms with E-state index >= 15 is 0 Å². The summed E-state index contributed by atoms with van der Waals surface area (Å²) in [6.45, 7) is 5.54. The number of rotatable bonds is 3. The molecule has 0 N–H and O–H groups in total. The van der Waals surface area contributed by atoms with Crippen LogP contribution < -0.4 is 10.5 Å². The Morgan fingerprint density at radius 2 is 2.00 bits per heavy atom. The Kier molecular flexibility index (Phi) is 5.14. The summed E-state index contributed by atoms with van der Waals surface area (Å²) in [6, 6.07) is 5.34. The summed E-state index contributed by atoms with van der Waals surface area (Å²) in [4.78, 5) is 14.9. The second kappa shape index (κ2) is 7.48. The monoisotopic (exact) mass is 433 g/mol. The van der Waals surface area contributed by atoms with Gasteiger partial charge in [0.25, 0.3) is 5.56 Å². The zero-order valence-electron chi connectivity index (χ0n) is 16.4. The van der Waals surface area contributed by atoms with Crippen molar-refractivity contribution in [3.63, 3.8) is 0 Å². The molecule has 0 bridgehead atoms. The van der Waals surface area contributed by atoms with Crippen LogP contribution in [-0.4, -0.2) is 39.3 Å². The number of morpholine rings is 1. The Bertz CT molecular complexity index is 1130. The molecule has 1 aliphatic heterocycles. The van der Waals surface area contributed by atoms with Crippen LogP contribution in [0.3, 0.4) is 0 Å². The Morgan fingerprint density at radius 3 is 2.69 bits per heavy atom. The standard InChI is InChI=1S/C20H21Cl2N5O2/c1-13-4-5-15(8-16(13)21)27-19(28)18(22)17(10-24-27)26-6-7-29-20(2,12-26)14-9-23-25(3)11-14/h4-5,8-11H,6-7,12H2,1-3H3. The van der Waals surface area contributed by atoms with Gasteiger partial charge in [-0.15, -0.1) is 0 Å². The highest BCUT2D eigenvalue weighted by molar-refractivity contribution is 6.33. The molecule has 0 aliphatic carbocycles. The normalized spacial score (nSPS) is 19.6. The van der Waals surface area contributed by atoms with Crippen LogP contribution in [0.5, 0.6) is 0 Å². The average Bonchev–Trinajstić information content (AvgIpc) is 3.14. The first-order chi connectivity index (χ1) is 13.8. The third kappa shape index (κ3) is 3.66. The van der Waals surface area contributed by atoms with E-state index in [0.717, 1.165) is 11.1 Å². The lowest BCUT2D eigenvalue weighted by Gasteiger charge is -2.41. The number of anilines is 1. The van der Waals surface area contributed by atoms with Crippen molar-refractivity contribution in [2.75, 3.05) is 24.6 Å². The minimum atomic E-state index is -0.560. The number of aromatic nitrogens is 4. The van der Waals surface area contributed by atoms with Crippen molar-refractivity contribution in [2.24, 2.45) is 7.05 Å². The maximum atomic E-state index is 12.9. The van der Waals surface area contributed by atoms with Crippen molar-refractivity contribution in [2.45, 2.75) is 19.4 Å². The smallest absolute Gasteiger partial charge is 0.292 e. The minimum Gasteiger partial charge on any atom is -0.367 e. The van der Waals surface area contributed by atoms with Gasteiger partial charge in [0.1, 0.15) is 10.6 Å². The number of aryl methyl sites for hydroxylation is 2. The molecule has 0 spiro atoms. The van der Waals surface area contributed by atoms with Gasteiger partial charge in [0.15, 0.2) is 0 Å². The van der Waals surface area contributed by atoms with Crippen LogP contribution >= 0.6 is 23.2 Å². The van der Waals surface area contributed by atoms with Crippen LogP contribution in [0.25, 0.3) is 5.69 Å². The summed E-state index contributed by atoms with van der Waals surface area (Å²) in [5.41, 5.74) is 2.10. The molecule has 1 aromatic carbocycles. The van der Waals surface area contributed by atoms with Crippen LogP contribution in [0.4, 0.5) is 5.69 Å². The lowest BCUT2D eigenvalue weighted by molar-refractivity contribution is -0.0466. The van der Waals surface area contributed by atoms with E-state index in [1.165, 1.54) is 4.68 Å². The van der Waals surface area contributed by atoms with E-state index in [0.29, 0.717) is 36.1 Å². The highest BCUT2D eigenvalue weighted by Crippen LogP contribution is 2.33. The lowest BCUT2D eigenvalue weighted by Crippen LogP contribution is -2.48. The van der Waals surface area contributed by atoms with Crippen molar-refractivity contribution in [1.29, 1.82) is 0 Å². The van der Waals surface area contributed by atoms with E-state index in [9.17, 15) is 4.79 Å². The summed E-state index contributed by atoms with van der Waals surface area (Å²) in [6.07, 6.45) is 5.34. The van der Waals surface area contributed by atoms with Gasteiger partial charge < -0.3 is 9.64 Å². The molecule has 0 saturated carbocycles. The highest BCUT2D eigenvalue weighted by atomic mass is 35.5. The van der Waals surface area contributed by atoms with Crippen molar-refractivity contribution >= 4 is 28.9 Å². The molecular weight excluding hydrogens is 413 g/mol. The maximum absolute atomic E-state index is 12.9. The van der Waals surface area contributed by atoms with Crippen LogP contribution in [0.1, 0.15) is 18.1 Å². The first-order valence-corrected chi connectivity index (χ1v) is 9.96. The Morgan fingerprint density at radius 1 is 1.21 bits per heavy atom. The fourth-order valence-corrected chi connectivity index (χ4v) is 3.91. The molecule has 1 aliphatic rings. The van der Waals surface area contributed by atoms with E-state index in [1.807, 2.05) is 38.1 Å². The molecule has 7 nitrogen and oxygen atoms in total. The molecule has 4 rings (SSSR count). The summed E-state index contributed by atoms with van der Waals surface area (Å²) in [5, 5.41) is 9.27. The van der Waals surface area contributed by atoms with E-state index in [1.54, 1.807) is 29.2 Å². The van der Waals surface area contributed by atoms with Crippen LogP contribution in [0.2, 0.25) is 10.0 Å². The van der Waals surface area contributed by atoms with Gasteiger partial charge in [-0.05, 0) is 31.5 Å². The number of hydrogen-bond donors (Lipinski definition) is 0. The Labute approximate surface area is 178 Å². The van der Waals surface area contributed by atoms with Crippen LogP contribution in [0, 0.1) is 6.92 Å². The highest BCUT2D eigenvalue weighted by Gasteiger charge is 2.36. The van der Waals surface area contributed by atoms with Gasteiger partial charge in [0.2, 0.25) is 0 Å². The van der Waals surface area contributed by atoms with Crippen LogP contribution in [-0.2, 0) is 17.4 Å². The SMILES string of the molecule is Cc1ccc(-n2ncc(N3CCOC(C)(c4cnn(C)c4)C3)c(Cl)c2=O)cc1Cl. The molecule has 1 unspecified atom stereocenters. The van der Waals surface area contributed by atoms with Crippen molar-refractivity contribution in [3.05, 3.63) is 68.3 Å². The van der Waals surface area contributed by atoms with Gasteiger partial charge >= 0.3 is 0 Å². The second-order valence-corrected chi connectivity index (χ2v) is 8.18. The number of benzene rings is 1. The van der Waals surface area contributed by atoms with Crippen molar-refractivity contribution in [1.82, 2.24) is 19.6 Å². The molecular formula is C20H21Cl2N5O2. The van der Waals surface area contributed by atoms with Crippen molar-refractivity contribution in [3.8, 4) is 5.69 Å². The van der Waals surface area contributed by atoms with Gasteiger partial charge in [0, 0.05) is 30.4 Å². The molecule has 29 heavy (non-hydrogen) atoms. The molecule has 1 saturated heterocycles. The fourth-order valence-electron chi connectivity index (χ4n) is 3.49. The number of halogens is 2. The third-order valence-electron chi connectivity index (χ3n) is 5.23. The van der Waals surface area contributed by atoms with E-state index < -0.39 is 11.2 Å². The fraction of sp³-hybridized carbons (Fsp3) is 0.350.